The molecule has 226 valence electrons. The van der Waals surface area contributed by atoms with Crippen LogP contribution < -0.4 is 26.0 Å². The van der Waals surface area contributed by atoms with E-state index in [-0.39, 0.29) is 36.4 Å². The molecule has 2 aromatic carbocycles. The lowest BCUT2D eigenvalue weighted by atomic mass is 9.74. The topological polar surface area (TPSA) is 135 Å². The SMILES string of the molecule is CC(C)[C@@H]1NC(=O)C[C@@H](C(=O)NCC2(c3cccc(F)c3)CCOCC2)NC(=O)c2ccccc2OCCCNC1=O. The quantitative estimate of drug-likeness (QED) is 0.427. The van der Waals surface area contributed by atoms with Crippen LogP contribution in [-0.2, 0) is 24.5 Å². The molecule has 2 aliphatic rings. The van der Waals surface area contributed by atoms with Gasteiger partial charge in [-0.25, -0.2) is 4.39 Å². The minimum atomic E-state index is -1.25. The van der Waals surface area contributed by atoms with Gasteiger partial charge in [0.15, 0.2) is 0 Å². The predicted octanol–water partition coefficient (Wildman–Crippen LogP) is 2.22. The first-order chi connectivity index (χ1) is 20.2. The zero-order chi connectivity index (χ0) is 30.1. The van der Waals surface area contributed by atoms with Crippen molar-refractivity contribution in [2.45, 2.75) is 57.0 Å². The molecule has 0 aliphatic carbocycles. The van der Waals surface area contributed by atoms with Crippen LogP contribution >= 0.6 is 0 Å². The van der Waals surface area contributed by atoms with Gasteiger partial charge in [0.1, 0.15) is 23.7 Å². The van der Waals surface area contributed by atoms with Crippen LogP contribution in [0.3, 0.4) is 0 Å². The van der Waals surface area contributed by atoms with Crippen molar-refractivity contribution in [2.75, 3.05) is 32.9 Å². The summed E-state index contributed by atoms with van der Waals surface area (Å²) in [6.07, 6.45) is 1.21. The highest BCUT2D eigenvalue weighted by atomic mass is 19.1. The van der Waals surface area contributed by atoms with E-state index in [1.165, 1.54) is 12.1 Å². The number of benzene rings is 2. The molecule has 2 heterocycles. The molecule has 42 heavy (non-hydrogen) atoms. The Morgan fingerprint density at radius 2 is 1.81 bits per heavy atom. The van der Waals surface area contributed by atoms with Gasteiger partial charge in [-0.15, -0.1) is 0 Å². The van der Waals surface area contributed by atoms with Crippen molar-refractivity contribution in [3.05, 3.63) is 65.5 Å². The summed E-state index contributed by atoms with van der Waals surface area (Å²) >= 11 is 0. The van der Waals surface area contributed by atoms with E-state index in [0.29, 0.717) is 44.8 Å². The molecular formula is C31H39FN4O6. The Kier molecular flexibility index (Phi) is 10.5. The van der Waals surface area contributed by atoms with E-state index < -0.39 is 41.6 Å². The molecule has 0 radical (unpaired) electrons. The van der Waals surface area contributed by atoms with Crippen molar-refractivity contribution in [1.82, 2.24) is 21.3 Å². The number of amides is 4. The first kappa shape index (κ1) is 31.0. The zero-order valence-electron chi connectivity index (χ0n) is 24.0. The molecule has 2 aliphatic heterocycles. The van der Waals surface area contributed by atoms with E-state index in [1.807, 2.05) is 19.9 Å². The molecule has 11 heteroatoms. The van der Waals surface area contributed by atoms with Crippen LogP contribution in [0.15, 0.2) is 48.5 Å². The smallest absolute Gasteiger partial charge is 0.255 e. The van der Waals surface area contributed by atoms with Gasteiger partial charge in [-0.05, 0) is 55.0 Å². The molecule has 10 nitrogen and oxygen atoms in total. The maximum Gasteiger partial charge on any atom is 0.255 e. The van der Waals surface area contributed by atoms with Crippen LogP contribution in [0.25, 0.3) is 0 Å². The van der Waals surface area contributed by atoms with Gasteiger partial charge in [0.25, 0.3) is 5.91 Å². The number of carbonyl (C=O) groups excluding carboxylic acids is 4. The first-order valence-corrected chi connectivity index (χ1v) is 14.4. The van der Waals surface area contributed by atoms with Crippen LogP contribution in [0.2, 0.25) is 0 Å². The summed E-state index contributed by atoms with van der Waals surface area (Å²) in [7, 11) is 0. The van der Waals surface area contributed by atoms with E-state index in [1.54, 1.807) is 30.3 Å². The molecule has 0 aromatic heterocycles. The Labute approximate surface area is 245 Å². The Hall–Kier alpha value is -3.99. The molecule has 1 saturated heterocycles. The number of hydrogen-bond donors (Lipinski definition) is 4. The second kappa shape index (κ2) is 14.3. The van der Waals surface area contributed by atoms with Crippen molar-refractivity contribution < 1.29 is 33.0 Å². The van der Waals surface area contributed by atoms with Crippen LogP contribution in [0, 0.1) is 11.7 Å². The van der Waals surface area contributed by atoms with E-state index in [0.717, 1.165) is 5.56 Å². The summed E-state index contributed by atoms with van der Waals surface area (Å²) in [6, 6.07) is 10.9. The predicted molar refractivity (Wildman–Crippen MR) is 153 cm³/mol. The largest absolute Gasteiger partial charge is 0.493 e. The molecule has 4 amide bonds. The third-order valence-corrected chi connectivity index (χ3v) is 7.77. The van der Waals surface area contributed by atoms with Crippen LogP contribution in [0.4, 0.5) is 4.39 Å². The highest BCUT2D eigenvalue weighted by Crippen LogP contribution is 2.34. The normalized spacial score (nSPS) is 21.9. The lowest BCUT2D eigenvalue weighted by molar-refractivity contribution is -0.132. The maximum atomic E-state index is 14.2. The highest BCUT2D eigenvalue weighted by molar-refractivity contribution is 6.01. The number of halogens is 1. The van der Waals surface area contributed by atoms with Gasteiger partial charge in [-0.2, -0.15) is 0 Å². The first-order valence-electron chi connectivity index (χ1n) is 14.4. The third-order valence-electron chi connectivity index (χ3n) is 7.77. The van der Waals surface area contributed by atoms with Crippen LogP contribution in [0.1, 0.15) is 55.5 Å². The molecule has 0 spiro atoms. The number of carbonyl (C=O) groups is 4. The number of nitrogens with one attached hydrogen (secondary N) is 4. The van der Waals surface area contributed by atoms with Crippen molar-refractivity contribution >= 4 is 23.6 Å². The summed E-state index contributed by atoms with van der Waals surface area (Å²) in [5.41, 5.74) is 0.380. The van der Waals surface area contributed by atoms with Crippen molar-refractivity contribution in [3.63, 3.8) is 0 Å². The lowest BCUT2D eigenvalue weighted by Crippen LogP contribution is -2.54. The fourth-order valence-electron chi connectivity index (χ4n) is 5.28. The van der Waals surface area contributed by atoms with Crippen molar-refractivity contribution in [3.8, 4) is 5.75 Å². The molecular weight excluding hydrogens is 543 g/mol. The maximum absolute atomic E-state index is 14.2. The molecule has 1 fully saturated rings. The average Bonchev–Trinajstić information content (AvgIpc) is 2.98. The average molecular weight is 583 g/mol. The Morgan fingerprint density at radius 3 is 2.55 bits per heavy atom. The van der Waals surface area contributed by atoms with Gasteiger partial charge in [0.05, 0.1) is 18.6 Å². The monoisotopic (exact) mass is 582 g/mol. The Bertz CT molecular complexity index is 1280. The fraction of sp³-hybridized carbons (Fsp3) is 0.484. The number of ether oxygens (including phenoxy) is 2. The molecule has 2 aromatic rings. The molecule has 0 unspecified atom stereocenters. The van der Waals surface area contributed by atoms with Gasteiger partial charge in [-0.1, -0.05) is 38.1 Å². The zero-order valence-corrected chi connectivity index (χ0v) is 24.0. The van der Waals surface area contributed by atoms with Crippen LogP contribution in [-0.4, -0.2) is 68.6 Å². The number of para-hydroxylation sites is 1. The summed E-state index contributed by atoms with van der Waals surface area (Å²) in [6.45, 7) is 5.25. The number of rotatable bonds is 5. The summed E-state index contributed by atoms with van der Waals surface area (Å²) in [5, 5.41) is 11.2. The molecule has 0 bridgehead atoms. The number of hydrogen-bond acceptors (Lipinski definition) is 6. The molecule has 4 N–H and O–H groups in total. The lowest BCUT2D eigenvalue weighted by Gasteiger charge is -2.38. The van der Waals surface area contributed by atoms with Gasteiger partial charge < -0.3 is 30.7 Å². The van der Waals surface area contributed by atoms with Crippen molar-refractivity contribution in [1.29, 1.82) is 0 Å². The van der Waals surface area contributed by atoms with E-state index in [4.69, 9.17) is 9.47 Å². The Balaban J connectivity index is 1.59. The van der Waals surface area contributed by atoms with E-state index in [2.05, 4.69) is 21.3 Å². The van der Waals surface area contributed by atoms with Crippen molar-refractivity contribution in [2.24, 2.45) is 5.92 Å². The van der Waals surface area contributed by atoms with Gasteiger partial charge in [0.2, 0.25) is 17.7 Å². The van der Waals surface area contributed by atoms with Gasteiger partial charge in [0, 0.05) is 31.7 Å². The summed E-state index contributed by atoms with van der Waals surface area (Å²) in [5.74, 6) is -2.31. The Morgan fingerprint density at radius 1 is 1.05 bits per heavy atom. The minimum absolute atomic E-state index is 0.156. The fourth-order valence-corrected chi connectivity index (χ4v) is 5.28. The number of fused-ring (bicyclic) bond motifs is 1. The highest BCUT2D eigenvalue weighted by Gasteiger charge is 2.37. The van der Waals surface area contributed by atoms with Crippen LogP contribution in [0.5, 0.6) is 5.75 Å². The molecule has 2 atom stereocenters. The van der Waals surface area contributed by atoms with Gasteiger partial charge in [-0.3, -0.25) is 19.2 Å². The second-order valence-electron chi connectivity index (χ2n) is 11.1. The standard InChI is InChI=1S/C31H39FN4O6/c1-20(2)27-30(40)33-13-6-14-42-25-10-4-3-9-23(25)28(38)35-24(18-26(37)36-27)29(39)34-19-31(11-15-41-16-12-31)21-7-5-8-22(32)17-21/h3-5,7-10,17,20,24,27H,6,11-16,18-19H2,1-2H3,(H,33,40)(H,34,39)(H,35,38)(H,36,37)/t24-,27-/m0/s1. The van der Waals surface area contributed by atoms with Gasteiger partial charge >= 0.3 is 0 Å². The minimum Gasteiger partial charge on any atom is -0.493 e. The summed E-state index contributed by atoms with van der Waals surface area (Å²) < 4.78 is 25.5. The molecule has 0 saturated carbocycles. The second-order valence-corrected chi connectivity index (χ2v) is 11.1. The molecule has 4 rings (SSSR count). The third kappa shape index (κ3) is 7.84. The van der Waals surface area contributed by atoms with E-state index in [9.17, 15) is 23.6 Å². The summed E-state index contributed by atoms with van der Waals surface area (Å²) in [4.78, 5) is 53.0. The van der Waals surface area contributed by atoms with E-state index >= 15 is 0 Å².